The van der Waals surface area contributed by atoms with Crippen molar-refractivity contribution < 1.29 is 9.18 Å². The number of nitrogens with zero attached hydrogens (tertiary/aromatic N) is 3. The fourth-order valence-corrected chi connectivity index (χ4v) is 3.31. The zero-order chi connectivity index (χ0) is 18.4. The second-order valence-corrected chi connectivity index (χ2v) is 6.85. The van der Waals surface area contributed by atoms with Gasteiger partial charge in [0, 0.05) is 32.4 Å². The van der Waals surface area contributed by atoms with Crippen molar-refractivity contribution in [3.8, 4) is 0 Å². The molecule has 0 bridgehead atoms. The Bertz CT molecular complexity index is 725. The normalized spacial score (nSPS) is 16.9. The van der Waals surface area contributed by atoms with Crippen LogP contribution in [0.5, 0.6) is 0 Å². The fraction of sp³-hybridized carbons (Fsp3) is 0.400. The number of halogens is 1. The van der Waals surface area contributed by atoms with Crippen molar-refractivity contribution in [2.75, 3.05) is 38.1 Å². The van der Waals surface area contributed by atoms with E-state index in [9.17, 15) is 9.18 Å². The van der Waals surface area contributed by atoms with Crippen LogP contribution in [-0.2, 0) is 11.3 Å². The van der Waals surface area contributed by atoms with E-state index in [2.05, 4.69) is 15.2 Å². The highest BCUT2D eigenvalue weighted by Crippen LogP contribution is 2.25. The van der Waals surface area contributed by atoms with Crippen molar-refractivity contribution in [1.82, 2.24) is 15.2 Å². The lowest BCUT2D eigenvalue weighted by molar-refractivity contribution is -0.122. The Hall–Kier alpha value is -2.47. The third-order valence-electron chi connectivity index (χ3n) is 4.64. The molecule has 6 heteroatoms. The fourth-order valence-electron chi connectivity index (χ4n) is 3.31. The molecule has 0 spiro atoms. The molecule has 1 aromatic heterocycles. The summed E-state index contributed by atoms with van der Waals surface area (Å²) in [6, 6.07) is 12.6. The molecule has 0 radical (unpaired) electrons. The number of para-hydroxylation sites is 1. The van der Waals surface area contributed by atoms with Crippen molar-refractivity contribution in [3.63, 3.8) is 0 Å². The molecule has 5 nitrogen and oxygen atoms in total. The highest BCUT2D eigenvalue weighted by atomic mass is 19.1. The van der Waals surface area contributed by atoms with Crippen LogP contribution in [0.25, 0.3) is 0 Å². The van der Waals surface area contributed by atoms with E-state index in [-0.39, 0.29) is 11.7 Å². The van der Waals surface area contributed by atoms with Crippen LogP contribution >= 0.6 is 0 Å². The molecule has 1 N–H and O–H groups in total. The highest BCUT2D eigenvalue weighted by molar-refractivity contribution is 5.78. The van der Waals surface area contributed by atoms with Crippen LogP contribution in [0.1, 0.15) is 12.1 Å². The number of pyridine rings is 1. The third-order valence-corrected chi connectivity index (χ3v) is 4.64. The van der Waals surface area contributed by atoms with E-state index in [1.807, 2.05) is 42.3 Å². The van der Waals surface area contributed by atoms with Crippen LogP contribution in [0.4, 0.5) is 10.1 Å². The van der Waals surface area contributed by atoms with Crippen LogP contribution < -0.4 is 10.2 Å². The van der Waals surface area contributed by atoms with E-state index < -0.39 is 0 Å². The van der Waals surface area contributed by atoms with E-state index in [1.54, 1.807) is 12.3 Å². The van der Waals surface area contributed by atoms with Crippen LogP contribution in [0.15, 0.2) is 48.7 Å². The number of aromatic nitrogens is 1. The third kappa shape index (κ3) is 5.02. The molecule has 1 aromatic carbocycles. The maximum atomic E-state index is 13.9. The van der Waals surface area contributed by atoms with Crippen molar-refractivity contribution in [2.45, 2.75) is 13.0 Å². The summed E-state index contributed by atoms with van der Waals surface area (Å²) in [6.07, 6.45) is 2.71. The van der Waals surface area contributed by atoms with Gasteiger partial charge in [0.1, 0.15) is 5.82 Å². The first kappa shape index (κ1) is 18.3. The second-order valence-electron chi connectivity index (χ2n) is 6.85. The number of nitrogens with one attached hydrogen (secondary N) is 1. The summed E-state index contributed by atoms with van der Waals surface area (Å²) in [6.45, 7) is 3.19. The lowest BCUT2D eigenvalue weighted by atomic mass is 10.1. The maximum absolute atomic E-state index is 13.9. The van der Waals surface area contributed by atoms with Gasteiger partial charge in [-0.1, -0.05) is 18.2 Å². The first-order valence-electron chi connectivity index (χ1n) is 8.96. The van der Waals surface area contributed by atoms with Gasteiger partial charge in [0.25, 0.3) is 0 Å². The molecule has 1 saturated heterocycles. The molecular weight excluding hydrogens is 331 g/mol. The number of carbonyl (C=O) groups excluding carboxylic acids is 1. The summed E-state index contributed by atoms with van der Waals surface area (Å²) in [7, 11) is 1.91. The monoisotopic (exact) mass is 356 g/mol. The Labute approximate surface area is 153 Å². The molecule has 26 heavy (non-hydrogen) atoms. The Balaban J connectivity index is 1.40. The molecule has 3 rings (SSSR count). The molecule has 1 aliphatic heterocycles. The summed E-state index contributed by atoms with van der Waals surface area (Å²) in [5.74, 6) is 0.167. The smallest absolute Gasteiger partial charge is 0.234 e. The minimum atomic E-state index is -0.187. The number of benzene rings is 1. The average molecular weight is 356 g/mol. The molecule has 1 atom stereocenters. The molecule has 1 fully saturated rings. The molecule has 1 aliphatic rings. The van der Waals surface area contributed by atoms with E-state index in [1.165, 1.54) is 6.07 Å². The van der Waals surface area contributed by atoms with E-state index >= 15 is 0 Å². The quantitative estimate of drug-likeness (QED) is 0.827. The number of rotatable bonds is 7. The lowest BCUT2D eigenvalue weighted by Gasteiger charge is -2.20. The van der Waals surface area contributed by atoms with Crippen molar-refractivity contribution in [3.05, 3.63) is 60.2 Å². The van der Waals surface area contributed by atoms with Crippen molar-refractivity contribution in [2.24, 2.45) is 5.92 Å². The van der Waals surface area contributed by atoms with Crippen LogP contribution in [-0.4, -0.2) is 49.0 Å². The number of anilines is 1. The topological polar surface area (TPSA) is 48.5 Å². The molecule has 2 heterocycles. The standard InChI is InChI=1S/C20H25FN4O/c1-24(14-17-6-4-5-10-22-17)15-20(26)23-12-16-9-11-25(13-16)19-8-3-2-7-18(19)21/h2-8,10,16H,9,11-15H2,1H3,(H,23,26). The van der Waals surface area contributed by atoms with Gasteiger partial charge in [-0.25, -0.2) is 4.39 Å². The average Bonchev–Trinajstić information content (AvgIpc) is 3.10. The molecule has 0 saturated carbocycles. The summed E-state index contributed by atoms with van der Waals surface area (Å²) >= 11 is 0. The molecular formula is C20H25FN4O. The number of carbonyl (C=O) groups is 1. The first-order chi connectivity index (χ1) is 12.6. The molecule has 1 amide bonds. The van der Waals surface area contributed by atoms with Gasteiger partial charge >= 0.3 is 0 Å². The first-order valence-corrected chi connectivity index (χ1v) is 8.96. The van der Waals surface area contributed by atoms with Gasteiger partial charge in [0.05, 0.1) is 17.9 Å². The minimum absolute atomic E-state index is 0.00720. The highest BCUT2D eigenvalue weighted by Gasteiger charge is 2.24. The Kier molecular flexibility index (Phi) is 6.17. The number of hydrogen-bond acceptors (Lipinski definition) is 4. The second kappa shape index (κ2) is 8.76. The van der Waals surface area contributed by atoms with E-state index in [0.717, 1.165) is 25.2 Å². The van der Waals surface area contributed by atoms with Gasteiger partial charge in [0.15, 0.2) is 0 Å². The Morgan fingerprint density at radius 2 is 2.12 bits per heavy atom. The van der Waals surface area contributed by atoms with Crippen LogP contribution in [0.2, 0.25) is 0 Å². The summed E-state index contributed by atoms with van der Waals surface area (Å²) < 4.78 is 13.9. The summed E-state index contributed by atoms with van der Waals surface area (Å²) in [4.78, 5) is 20.4. The van der Waals surface area contributed by atoms with Crippen LogP contribution in [0, 0.1) is 11.7 Å². The lowest BCUT2D eigenvalue weighted by Crippen LogP contribution is -2.38. The van der Waals surface area contributed by atoms with Gasteiger partial charge in [-0.15, -0.1) is 0 Å². The summed E-state index contributed by atoms with van der Waals surface area (Å²) in [5, 5.41) is 3.01. The Morgan fingerprint density at radius 1 is 1.31 bits per heavy atom. The van der Waals surface area contributed by atoms with E-state index in [4.69, 9.17) is 0 Å². The van der Waals surface area contributed by atoms with Gasteiger partial charge in [-0.3, -0.25) is 14.7 Å². The molecule has 0 aliphatic carbocycles. The minimum Gasteiger partial charge on any atom is -0.369 e. The van der Waals surface area contributed by atoms with Gasteiger partial charge < -0.3 is 10.2 Å². The van der Waals surface area contributed by atoms with E-state index in [0.29, 0.717) is 31.2 Å². The SMILES string of the molecule is CN(CC(=O)NCC1CCN(c2ccccc2F)C1)Cc1ccccn1. The maximum Gasteiger partial charge on any atom is 0.234 e. The van der Waals surface area contributed by atoms with Crippen LogP contribution in [0.3, 0.4) is 0 Å². The number of hydrogen-bond donors (Lipinski definition) is 1. The Morgan fingerprint density at radius 3 is 2.88 bits per heavy atom. The molecule has 1 unspecified atom stereocenters. The predicted molar refractivity (Wildman–Crippen MR) is 100 cm³/mol. The predicted octanol–water partition coefficient (Wildman–Crippen LogP) is 2.30. The van der Waals surface area contributed by atoms with Gasteiger partial charge in [-0.05, 0) is 43.7 Å². The number of amides is 1. The zero-order valence-corrected chi connectivity index (χ0v) is 15.1. The zero-order valence-electron chi connectivity index (χ0n) is 15.1. The molecule has 138 valence electrons. The van der Waals surface area contributed by atoms with Gasteiger partial charge in [-0.2, -0.15) is 0 Å². The largest absolute Gasteiger partial charge is 0.369 e. The van der Waals surface area contributed by atoms with Gasteiger partial charge in [0.2, 0.25) is 5.91 Å². The summed E-state index contributed by atoms with van der Waals surface area (Å²) in [5.41, 5.74) is 1.59. The number of likely N-dealkylation sites (N-methyl/N-ethyl adjacent to an activating group) is 1. The molecule has 2 aromatic rings. The van der Waals surface area contributed by atoms with Crippen molar-refractivity contribution in [1.29, 1.82) is 0 Å². The van der Waals surface area contributed by atoms with Crippen molar-refractivity contribution >= 4 is 11.6 Å².